The van der Waals surface area contributed by atoms with Crippen LogP contribution in [-0.4, -0.2) is 32.7 Å². The number of carbonyl (C=O) groups is 1. The van der Waals surface area contributed by atoms with E-state index in [0.717, 1.165) is 11.3 Å². The van der Waals surface area contributed by atoms with Gasteiger partial charge in [0.15, 0.2) is 11.5 Å². The number of carbonyl (C=O) groups excluding carboxylic acids is 1. The van der Waals surface area contributed by atoms with Crippen LogP contribution in [0.25, 0.3) is 11.8 Å². The Kier molecular flexibility index (Phi) is 4.29. The molecule has 0 atom stereocenters. The summed E-state index contributed by atoms with van der Waals surface area (Å²) in [6, 6.07) is 9.15. The van der Waals surface area contributed by atoms with Gasteiger partial charge in [0.05, 0.1) is 18.4 Å². The number of hydrogen-bond acceptors (Lipinski definition) is 6. The van der Waals surface area contributed by atoms with Gasteiger partial charge in [0.2, 0.25) is 12.7 Å². The lowest BCUT2D eigenvalue weighted by molar-refractivity contribution is -0.116. The topological polar surface area (TPSA) is 91.2 Å². The molecule has 8 nitrogen and oxygen atoms in total. The van der Waals surface area contributed by atoms with Gasteiger partial charge in [-0.2, -0.15) is 0 Å². The monoisotopic (exact) mass is 349 g/mol. The van der Waals surface area contributed by atoms with E-state index in [2.05, 4.69) is 20.6 Å². The quantitative estimate of drug-likeness (QED) is 0.705. The first-order chi connectivity index (χ1) is 12.8. The molecule has 1 aliphatic heterocycles. The number of nitrogens with zero attached hydrogens (tertiary/aromatic N) is 4. The molecule has 130 valence electrons. The second-order valence-corrected chi connectivity index (χ2v) is 5.52. The molecule has 8 heteroatoms. The van der Waals surface area contributed by atoms with Crippen LogP contribution < -0.4 is 14.8 Å². The van der Waals surface area contributed by atoms with E-state index in [1.807, 2.05) is 30.3 Å². The summed E-state index contributed by atoms with van der Waals surface area (Å²) in [5.74, 6) is 1.17. The van der Waals surface area contributed by atoms with Crippen molar-refractivity contribution >= 4 is 12.0 Å². The van der Waals surface area contributed by atoms with Crippen molar-refractivity contribution in [1.29, 1.82) is 0 Å². The largest absolute Gasteiger partial charge is 0.454 e. The molecule has 0 saturated carbocycles. The van der Waals surface area contributed by atoms with Gasteiger partial charge in [-0.25, -0.2) is 4.68 Å². The molecule has 0 radical (unpaired) electrons. The SMILES string of the molecule is O=C(/C=C/c1ccc2c(c1)OCO2)NCc1cn(-c2ccncc2)nn1. The first kappa shape index (κ1) is 15.8. The predicted molar refractivity (Wildman–Crippen MR) is 92.6 cm³/mol. The van der Waals surface area contributed by atoms with Crippen LogP contribution in [0.1, 0.15) is 11.3 Å². The summed E-state index contributed by atoms with van der Waals surface area (Å²) in [5.41, 5.74) is 2.37. The van der Waals surface area contributed by atoms with Crippen LogP contribution in [0.3, 0.4) is 0 Å². The fraction of sp³-hybridized carbons (Fsp3) is 0.111. The zero-order valence-corrected chi connectivity index (χ0v) is 13.7. The highest BCUT2D eigenvalue weighted by Gasteiger charge is 2.12. The number of rotatable bonds is 5. The highest BCUT2D eigenvalue weighted by Crippen LogP contribution is 2.32. The predicted octanol–water partition coefficient (Wildman–Crippen LogP) is 1.72. The van der Waals surface area contributed by atoms with E-state index in [4.69, 9.17) is 9.47 Å². The Morgan fingerprint density at radius 2 is 2.04 bits per heavy atom. The van der Waals surface area contributed by atoms with Crippen LogP contribution in [0.15, 0.2) is 55.0 Å². The van der Waals surface area contributed by atoms with Gasteiger partial charge < -0.3 is 14.8 Å². The highest BCUT2D eigenvalue weighted by molar-refractivity contribution is 5.91. The highest BCUT2D eigenvalue weighted by atomic mass is 16.7. The number of pyridine rings is 1. The van der Waals surface area contributed by atoms with Gasteiger partial charge in [0.25, 0.3) is 0 Å². The Labute approximate surface area is 149 Å². The van der Waals surface area contributed by atoms with Gasteiger partial charge in [-0.15, -0.1) is 5.10 Å². The third-order valence-corrected chi connectivity index (χ3v) is 3.74. The van der Waals surface area contributed by atoms with Crippen LogP contribution in [-0.2, 0) is 11.3 Å². The van der Waals surface area contributed by atoms with Gasteiger partial charge in [-0.1, -0.05) is 11.3 Å². The maximum Gasteiger partial charge on any atom is 0.244 e. The van der Waals surface area contributed by atoms with Crippen molar-refractivity contribution in [2.45, 2.75) is 6.54 Å². The van der Waals surface area contributed by atoms with E-state index in [-0.39, 0.29) is 19.2 Å². The van der Waals surface area contributed by atoms with E-state index >= 15 is 0 Å². The maximum atomic E-state index is 12.0. The van der Waals surface area contributed by atoms with Crippen molar-refractivity contribution in [1.82, 2.24) is 25.3 Å². The molecule has 0 saturated heterocycles. The number of benzene rings is 1. The third-order valence-electron chi connectivity index (χ3n) is 3.74. The van der Waals surface area contributed by atoms with Gasteiger partial charge in [0.1, 0.15) is 5.69 Å². The molecular weight excluding hydrogens is 334 g/mol. The molecule has 1 aromatic carbocycles. The lowest BCUT2D eigenvalue weighted by Crippen LogP contribution is -2.20. The standard InChI is InChI=1S/C18H15N5O3/c24-18(4-2-13-1-3-16-17(9-13)26-12-25-16)20-10-14-11-23(22-21-14)15-5-7-19-8-6-15/h1-9,11H,10,12H2,(H,20,24)/b4-2+. The minimum absolute atomic E-state index is 0.221. The minimum atomic E-state index is -0.221. The van der Waals surface area contributed by atoms with Crippen molar-refractivity contribution in [3.63, 3.8) is 0 Å². The van der Waals surface area contributed by atoms with Crippen molar-refractivity contribution in [2.24, 2.45) is 0 Å². The Balaban J connectivity index is 1.33. The number of ether oxygens (including phenoxy) is 2. The number of amides is 1. The molecule has 0 aliphatic carbocycles. The van der Waals surface area contributed by atoms with Gasteiger partial charge in [0, 0.05) is 18.5 Å². The zero-order chi connectivity index (χ0) is 17.8. The molecular formula is C18H15N5O3. The van der Waals surface area contributed by atoms with Crippen LogP contribution >= 0.6 is 0 Å². The number of hydrogen-bond donors (Lipinski definition) is 1. The molecule has 0 bridgehead atoms. The lowest BCUT2D eigenvalue weighted by atomic mass is 10.2. The molecule has 1 amide bonds. The van der Waals surface area contributed by atoms with E-state index < -0.39 is 0 Å². The Morgan fingerprint density at radius 3 is 2.92 bits per heavy atom. The van der Waals surface area contributed by atoms with E-state index in [1.165, 1.54) is 6.08 Å². The maximum absolute atomic E-state index is 12.0. The first-order valence-electron chi connectivity index (χ1n) is 7.95. The van der Waals surface area contributed by atoms with Crippen LogP contribution in [0.5, 0.6) is 11.5 Å². The van der Waals surface area contributed by atoms with E-state index in [0.29, 0.717) is 17.2 Å². The number of nitrogens with one attached hydrogen (secondary N) is 1. The summed E-state index contributed by atoms with van der Waals surface area (Å²) in [5, 5.41) is 10.9. The third kappa shape index (κ3) is 3.54. The molecule has 4 rings (SSSR count). The summed E-state index contributed by atoms with van der Waals surface area (Å²) in [6.45, 7) is 0.512. The molecule has 2 aromatic heterocycles. The van der Waals surface area contributed by atoms with E-state index in [1.54, 1.807) is 29.3 Å². The summed E-state index contributed by atoms with van der Waals surface area (Å²) in [7, 11) is 0. The van der Waals surface area contributed by atoms with Crippen molar-refractivity contribution in [2.75, 3.05) is 6.79 Å². The second kappa shape index (κ2) is 7.06. The smallest absolute Gasteiger partial charge is 0.244 e. The summed E-state index contributed by atoms with van der Waals surface area (Å²) >= 11 is 0. The molecule has 3 aromatic rings. The van der Waals surface area contributed by atoms with Gasteiger partial charge >= 0.3 is 0 Å². The van der Waals surface area contributed by atoms with Crippen molar-refractivity contribution in [3.8, 4) is 17.2 Å². The second-order valence-electron chi connectivity index (χ2n) is 5.52. The first-order valence-corrected chi connectivity index (χ1v) is 7.95. The van der Waals surface area contributed by atoms with Crippen LogP contribution in [0.4, 0.5) is 0 Å². The Bertz CT molecular complexity index is 952. The van der Waals surface area contributed by atoms with Gasteiger partial charge in [-0.05, 0) is 35.9 Å². The van der Waals surface area contributed by atoms with Crippen molar-refractivity contribution in [3.05, 3.63) is 66.3 Å². The number of aromatic nitrogens is 4. The average Bonchev–Trinajstić information content (AvgIpc) is 3.34. The molecule has 0 fully saturated rings. The summed E-state index contributed by atoms with van der Waals surface area (Å²) in [6.07, 6.45) is 8.30. The van der Waals surface area contributed by atoms with Crippen LogP contribution in [0, 0.1) is 0 Å². The molecule has 1 aliphatic rings. The summed E-state index contributed by atoms with van der Waals surface area (Å²) in [4.78, 5) is 15.9. The summed E-state index contributed by atoms with van der Waals surface area (Å²) < 4.78 is 12.2. The average molecular weight is 349 g/mol. The molecule has 3 heterocycles. The Hall–Kier alpha value is -3.68. The molecule has 26 heavy (non-hydrogen) atoms. The fourth-order valence-electron chi connectivity index (χ4n) is 2.43. The zero-order valence-electron chi connectivity index (χ0n) is 13.7. The molecule has 0 unspecified atom stereocenters. The Morgan fingerprint density at radius 1 is 1.19 bits per heavy atom. The van der Waals surface area contributed by atoms with Gasteiger partial charge in [-0.3, -0.25) is 9.78 Å². The van der Waals surface area contributed by atoms with Crippen LogP contribution in [0.2, 0.25) is 0 Å². The fourth-order valence-corrected chi connectivity index (χ4v) is 2.43. The van der Waals surface area contributed by atoms with Crippen molar-refractivity contribution < 1.29 is 14.3 Å². The molecule has 0 spiro atoms. The number of fused-ring (bicyclic) bond motifs is 1. The minimum Gasteiger partial charge on any atom is -0.454 e. The lowest BCUT2D eigenvalue weighted by Gasteiger charge is -2.00. The van der Waals surface area contributed by atoms with E-state index in [9.17, 15) is 4.79 Å². The molecule has 1 N–H and O–H groups in total. The normalized spacial score (nSPS) is 12.5.